The summed E-state index contributed by atoms with van der Waals surface area (Å²) in [6, 6.07) is 15.5. The minimum Gasteiger partial charge on any atom is -0.320 e. The van der Waals surface area contributed by atoms with Crippen LogP contribution in [-0.2, 0) is 16.0 Å². The van der Waals surface area contributed by atoms with Gasteiger partial charge in [0, 0.05) is 12.2 Å². The van der Waals surface area contributed by atoms with Crippen LogP contribution in [0.15, 0.2) is 48.5 Å². The molecule has 6 nitrogen and oxygen atoms in total. The number of carbonyl (C=O) groups is 2. The summed E-state index contributed by atoms with van der Waals surface area (Å²) < 4.78 is 0. The van der Waals surface area contributed by atoms with Crippen LogP contribution < -0.4 is 20.0 Å². The van der Waals surface area contributed by atoms with E-state index in [1.165, 1.54) is 15.4 Å². The number of fused-ring (bicyclic) bond motifs is 1. The van der Waals surface area contributed by atoms with Crippen molar-refractivity contribution in [2.75, 3.05) is 56.0 Å². The van der Waals surface area contributed by atoms with E-state index in [0.717, 1.165) is 51.3 Å². The number of hydrogen-bond acceptors (Lipinski definition) is 2. The number of hydrogen-bond donors (Lipinski definition) is 3. The lowest BCUT2D eigenvalue weighted by atomic mass is 10.0. The number of benzene rings is 2. The van der Waals surface area contributed by atoms with E-state index in [-0.39, 0.29) is 11.8 Å². The third kappa shape index (κ3) is 5.01. The van der Waals surface area contributed by atoms with Crippen LogP contribution in [-0.4, -0.2) is 57.6 Å². The van der Waals surface area contributed by atoms with Crippen LogP contribution in [0.1, 0.15) is 12.0 Å². The molecular formula is C23H29ClN4O2+2. The van der Waals surface area contributed by atoms with Crippen LogP contribution in [0.25, 0.3) is 0 Å². The van der Waals surface area contributed by atoms with Gasteiger partial charge in [0.25, 0.3) is 11.8 Å². The smallest absolute Gasteiger partial charge is 0.282 e. The molecular weight excluding hydrogens is 400 g/mol. The average Bonchev–Trinajstić information content (AvgIpc) is 2.76. The van der Waals surface area contributed by atoms with Crippen molar-refractivity contribution in [3.8, 4) is 0 Å². The highest BCUT2D eigenvalue weighted by molar-refractivity contribution is 6.33. The lowest BCUT2D eigenvalue weighted by molar-refractivity contribution is -1.00. The molecule has 30 heavy (non-hydrogen) atoms. The van der Waals surface area contributed by atoms with Crippen molar-refractivity contribution in [3.63, 3.8) is 0 Å². The fourth-order valence-electron chi connectivity index (χ4n) is 4.40. The minimum absolute atomic E-state index is 0.0254. The SMILES string of the molecule is O=C(C[NH+]1CC[NH+](CC(=O)N2CCCc3ccccc32)CC1)Nc1ccccc1Cl. The van der Waals surface area contributed by atoms with Gasteiger partial charge in [-0.25, -0.2) is 0 Å². The van der Waals surface area contributed by atoms with Crippen molar-refractivity contribution in [3.05, 3.63) is 59.1 Å². The second-order valence-electron chi connectivity index (χ2n) is 8.16. The summed E-state index contributed by atoms with van der Waals surface area (Å²) in [5, 5.41) is 3.44. The molecule has 4 rings (SSSR count). The monoisotopic (exact) mass is 428 g/mol. The van der Waals surface area contributed by atoms with Crippen LogP contribution in [0.5, 0.6) is 0 Å². The molecule has 0 saturated carbocycles. The molecule has 0 spiro atoms. The normalized spacial score (nSPS) is 21.0. The largest absolute Gasteiger partial charge is 0.320 e. The third-order valence-corrected chi connectivity index (χ3v) is 6.36. The number of amides is 2. The van der Waals surface area contributed by atoms with Crippen LogP contribution in [0, 0.1) is 0 Å². The molecule has 2 aliphatic rings. The summed E-state index contributed by atoms with van der Waals surface area (Å²) in [4.78, 5) is 29.8. The van der Waals surface area contributed by atoms with E-state index in [1.54, 1.807) is 6.07 Å². The van der Waals surface area contributed by atoms with Gasteiger partial charge in [-0.05, 0) is 36.6 Å². The first-order chi connectivity index (χ1) is 14.6. The molecule has 1 saturated heterocycles. The number of para-hydroxylation sites is 2. The van der Waals surface area contributed by atoms with Gasteiger partial charge in [0.1, 0.15) is 26.2 Å². The second-order valence-corrected chi connectivity index (χ2v) is 8.57. The summed E-state index contributed by atoms with van der Waals surface area (Å²) in [6.45, 7) is 5.32. The molecule has 7 heteroatoms. The van der Waals surface area contributed by atoms with Gasteiger partial charge < -0.3 is 20.0 Å². The maximum absolute atomic E-state index is 12.9. The second kappa shape index (κ2) is 9.60. The van der Waals surface area contributed by atoms with Crippen molar-refractivity contribution in [1.82, 2.24) is 0 Å². The Balaban J connectivity index is 1.25. The van der Waals surface area contributed by atoms with Gasteiger partial charge in [-0.3, -0.25) is 9.59 Å². The maximum atomic E-state index is 12.9. The van der Waals surface area contributed by atoms with E-state index in [0.29, 0.717) is 23.8 Å². The first-order valence-electron chi connectivity index (χ1n) is 10.7. The summed E-state index contributed by atoms with van der Waals surface area (Å²) in [6.07, 6.45) is 2.07. The number of halogens is 1. The number of rotatable bonds is 5. The lowest BCUT2D eigenvalue weighted by Gasteiger charge is -2.33. The predicted octanol–water partition coefficient (Wildman–Crippen LogP) is 0.0413. The highest BCUT2D eigenvalue weighted by Crippen LogP contribution is 2.26. The molecule has 2 heterocycles. The Morgan fingerprint density at radius 1 is 0.933 bits per heavy atom. The fourth-order valence-corrected chi connectivity index (χ4v) is 4.58. The molecule has 0 atom stereocenters. The zero-order chi connectivity index (χ0) is 20.9. The molecule has 3 N–H and O–H groups in total. The number of nitrogens with zero attached hydrogens (tertiary/aromatic N) is 1. The highest BCUT2D eigenvalue weighted by Gasteiger charge is 2.30. The molecule has 2 aliphatic heterocycles. The van der Waals surface area contributed by atoms with E-state index >= 15 is 0 Å². The Morgan fingerprint density at radius 2 is 1.60 bits per heavy atom. The third-order valence-electron chi connectivity index (χ3n) is 6.04. The van der Waals surface area contributed by atoms with Crippen molar-refractivity contribution < 1.29 is 19.4 Å². The van der Waals surface area contributed by atoms with Gasteiger partial charge in [-0.2, -0.15) is 0 Å². The molecule has 0 bridgehead atoms. The lowest BCUT2D eigenvalue weighted by Crippen LogP contribution is -3.28. The van der Waals surface area contributed by atoms with E-state index in [2.05, 4.69) is 17.4 Å². The summed E-state index contributed by atoms with van der Waals surface area (Å²) in [5.74, 6) is 0.180. The van der Waals surface area contributed by atoms with Gasteiger partial charge in [0.15, 0.2) is 13.1 Å². The first kappa shape index (κ1) is 20.8. The Morgan fingerprint density at radius 3 is 2.37 bits per heavy atom. The van der Waals surface area contributed by atoms with Crippen molar-refractivity contribution in [1.29, 1.82) is 0 Å². The quantitative estimate of drug-likeness (QED) is 0.630. The number of carbonyl (C=O) groups excluding carboxylic acids is 2. The summed E-state index contributed by atoms with van der Waals surface area (Å²) in [7, 11) is 0. The molecule has 0 radical (unpaired) electrons. The summed E-state index contributed by atoms with van der Waals surface area (Å²) in [5.41, 5.74) is 3.00. The van der Waals surface area contributed by atoms with Gasteiger partial charge in [-0.15, -0.1) is 0 Å². The fraction of sp³-hybridized carbons (Fsp3) is 0.391. The molecule has 2 amide bonds. The van der Waals surface area contributed by atoms with E-state index in [4.69, 9.17) is 11.6 Å². The molecule has 158 valence electrons. The number of nitrogens with one attached hydrogen (secondary N) is 3. The van der Waals surface area contributed by atoms with Gasteiger partial charge in [-0.1, -0.05) is 41.9 Å². The van der Waals surface area contributed by atoms with Crippen LogP contribution in [0.3, 0.4) is 0 Å². The number of anilines is 2. The van der Waals surface area contributed by atoms with Gasteiger partial charge >= 0.3 is 0 Å². The topological polar surface area (TPSA) is 58.3 Å². The van der Waals surface area contributed by atoms with Crippen molar-refractivity contribution >= 4 is 34.8 Å². The number of quaternary nitrogens is 2. The van der Waals surface area contributed by atoms with E-state index in [1.807, 2.05) is 35.2 Å². The van der Waals surface area contributed by atoms with E-state index in [9.17, 15) is 9.59 Å². The molecule has 0 unspecified atom stereocenters. The van der Waals surface area contributed by atoms with Crippen molar-refractivity contribution in [2.24, 2.45) is 0 Å². The number of aryl methyl sites for hydroxylation is 1. The minimum atomic E-state index is -0.0254. The van der Waals surface area contributed by atoms with E-state index < -0.39 is 0 Å². The predicted molar refractivity (Wildman–Crippen MR) is 118 cm³/mol. The average molecular weight is 429 g/mol. The zero-order valence-electron chi connectivity index (χ0n) is 17.1. The van der Waals surface area contributed by atoms with Crippen LogP contribution in [0.4, 0.5) is 11.4 Å². The zero-order valence-corrected chi connectivity index (χ0v) is 17.9. The Kier molecular flexibility index (Phi) is 6.67. The van der Waals surface area contributed by atoms with Gasteiger partial charge in [0.05, 0.1) is 10.7 Å². The van der Waals surface area contributed by atoms with Crippen molar-refractivity contribution in [2.45, 2.75) is 12.8 Å². The molecule has 1 fully saturated rings. The molecule has 0 aliphatic carbocycles. The standard InChI is InChI=1S/C23H27ClN4O2/c24-19-8-2-3-9-20(19)25-22(29)16-26-12-14-27(15-13-26)17-23(30)28-11-5-7-18-6-1-4-10-21(18)28/h1-4,6,8-10H,5,7,11-17H2,(H,25,29)/p+2. The highest BCUT2D eigenvalue weighted by atomic mass is 35.5. The molecule has 0 aromatic heterocycles. The summed E-state index contributed by atoms with van der Waals surface area (Å²) >= 11 is 6.11. The molecule has 2 aromatic rings. The Hall–Kier alpha value is -2.41. The Labute approximate surface area is 182 Å². The van der Waals surface area contributed by atoms with Crippen LogP contribution >= 0.6 is 11.6 Å². The maximum Gasteiger partial charge on any atom is 0.282 e. The first-order valence-corrected chi connectivity index (χ1v) is 11.1. The molecule has 2 aromatic carbocycles. The number of piperazine rings is 1. The Bertz CT molecular complexity index is 912. The van der Waals surface area contributed by atoms with Crippen LogP contribution in [0.2, 0.25) is 5.02 Å². The van der Waals surface area contributed by atoms with Gasteiger partial charge in [0.2, 0.25) is 0 Å².